The Kier molecular flexibility index (Phi) is 9.62. The minimum atomic E-state index is -0.862. The lowest BCUT2D eigenvalue weighted by Crippen LogP contribution is -2.32. The second-order valence-electron chi connectivity index (χ2n) is 10.4. The van der Waals surface area contributed by atoms with Crippen LogP contribution in [0.25, 0.3) is 17.0 Å². The summed E-state index contributed by atoms with van der Waals surface area (Å²) in [6.07, 6.45) is 5.74. The molecule has 1 saturated carbocycles. The normalized spacial score (nSPS) is 18.6. The number of hydrogen-bond donors (Lipinski definition) is 2. The van der Waals surface area contributed by atoms with Gasteiger partial charge in [0.25, 0.3) is 5.91 Å². The fourth-order valence-corrected chi connectivity index (χ4v) is 5.69. The van der Waals surface area contributed by atoms with E-state index in [1.807, 2.05) is 6.92 Å². The van der Waals surface area contributed by atoms with E-state index < -0.39 is 23.8 Å². The molecule has 0 bridgehead atoms. The maximum Gasteiger partial charge on any atom is 0.510 e. The van der Waals surface area contributed by atoms with Gasteiger partial charge in [-0.25, -0.2) is 24.6 Å². The van der Waals surface area contributed by atoms with Gasteiger partial charge < -0.3 is 19.5 Å². The number of nitrogens with one attached hydrogen (secondary N) is 2. The van der Waals surface area contributed by atoms with Crippen LogP contribution in [0.5, 0.6) is 0 Å². The molecule has 0 saturated heterocycles. The third-order valence-electron chi connectivity index (χ3n) is 6.89. The van der Waals surface area contributed by atoms with Crippen molar-refractivity contribution in [2.75, 3.05) is 25.2 Å². The zero-order chi connectivity index (χ0) is 30.5. The fourth-order valence-electron chi connectivity index (χ4n) is 4.88. The first-order valence-electron chi connectivity index (χ1n) is 14.0. The summed E-state index contributed by atoms with van der Waals surface area (Å²) < 4.78 is 46.2. The highest BCUT2D eigenvalue weighted by Gasteiger charge is 2.27. The van der Waals surface area contributed by atoms with Crippen LogP contribution in [-0.4, -0.2) is 68.9 Å². The first kappa shape index (κ1) is 30.5. The Balaban J connectivity index is 1.31. The van der Waals surface area contributed by atoms with Gasteiger partial charge in [-0.3, -0.25) is 14.5 Å². The van der Waals surface area contributed by atoms with E-state index in [2.05, 4.69) is 25.8 Å². The Morgan fingerprint density at radius 2 is 1.95 bits per heavy atom. The average molecular weight is 618 g/mol. The molecule has 3 aromatic rings. The summed E-state index contributed by atoms with van der Waals surface area (Å²) in [6, 6.07) is 1.91. The molecule has 12 nitrogen and oxygen atoms in total. The minimum Gasteiger partial charge on any atom is -0.432 e. The first-order chi connectivity index (χ1) is 20.7. The average Bonchev–Trinajstić information content (AvgIpc) is 3.74. The fraction of sp³-hybridized carbons (Fsp3) is 0.464. The summed E-state index contributed by atoms with van der Waals surface area (Å²) in [6.45, 7) is 6.40. The van der Waals surface area contributed by atoms with Crippen LogP contribution in [0.4, 0.5) is 19.3 Å². The third kappa shape index (κ3) is 7.53. The number of pyridine rings is 1. The van der Waals surface area contributed by atoms with Crippen molar-refractivity contribution in [1.29, 1.82) is 0 Å². The summed E-state index contributed by atoms with van der Waals surface area (Å²) >= 11 is 1.26. The van der Waals surface area contributed by atoms with Crippen molar-refractivity contribution in [3.63, 3.8) is 0 Å². The van der Waals surface area contributed by atoms with Gasteiger partial charge in [-0.15, -0.1) is 11.3 Å². The Morgan fingerprint density at radius 1 is 1.16 bits per heavy atom. The van der Waals surface area contributed by atoms with Gasteiger partial charge in [0.2, 0.25) is 5.95 Å². The second kappa shape index (κ2) is 13.6. The van der Waals surface area contributed by atoms with E-state index >= 15 is 0 Å². The van der Waals surface area contributed by atoms with Crippen molar-refractivity contribution in [3.8, 4) is 11.4 Å². The predicted octanol–water partition coefficient (Wildman–Crippen LogP) is 5.13. The summed E-state index contributed by atoms with van der Waals surface area (Å²) in [5.41, 5.74) is 3.91. The van der Waals surface area contributed by atoms with Crippen LogP contribution in [-0.2, 0) is 14.2 Å². The summed E-state index contributed by atoms with van der Waals surface area (Å²) in [4.78, 5) is 33.1. The molecular weight excluding hydrogens is 584 g/mol. The molecule has 1 aliphatic carbocycles. The lowest BCUT2D eigenvalue weighted by molar-refractivity contribution is 0.00263. The van der Waals surface area contributed by atoms with E-state index in [1.54, 1.807) is 41.3 Å². The largest absolute Gasteiger partial charge is 0.510 e. The summed E-state index contributed by atoms with van der Waals surface area (Å²) in [5.74, 6) is -2.16. The van der Waals surface area contributed by atoms with Gasteiger partial charge in [-0.2, -0.15) is 9.49 Å². The molecule has 0 aromatic carbocycles. The van der Waals surface area contributed by atoms with Crippen LogP contribution in [0, 0.1) is 11.8 Å². The highest BCUT2D eigenvalue weighted by Crippen LogP contribution is 2.34. The molecule has 0 unspecified atom stereocenters. The topological polar surface area (TPSA) is 133 Å². The number of carbonyl (C=O) groups excluding carboxylic acids is 2. The van der Waals surface area contributed by atoms with Crippen molar-refractivity contribution in [3.05, 3.63) is 52.4 Å². The number of thiazole rings is 1. The van der Waals surface area contributed by atoms with Crippen molar-refractivity contribution in [2.24, 2.45) is 0 Å². The monoisotopic (exact) mass is 617 g/mol. The number of halogens is 2. The van der Waals surface area contributed by atoms with Crippen LogP contribution in [0.3, 0.4) is 0 Å². The van der Waals surface area contributed by atoms with Gasteiger partial charge in [-0.1, -0.05) is 0 Å². The molecular formula is C28H33F2N7O5S. The molecule has 1 aliphatic heterocycles. The van der Waals surface area contributed by atoms with Crippen molar-refractivity contribution >= 4 is 34.7 Å². The molecule has 230 valence electrons. The lowest BCUT2D eigenvalue weighted by atomic mass is 9.93. The molecule has 15 heteroatoms. The van der Waals surface area contributed by atoms with Crippen molar-refractivity contribution in [1.82, 2.24) is 30.2 Å². The molecule has 1 fully saturated rings. The maximum atomic E-state index is 14.8. The van der Waals surface area contributed by atoms with E-state index in [4.69, 9.17) is 14.2 Å². The second-order valence-corrected chi connectivity index (χ2v) is 11.2. The summed E-state index contributed by atoms with van der Waals surface area (Å²) in [7, 11) is 0. The van der Waals surface area contributed by atoms with Crippen LogP contribution in [0.15, 0.2) is 29.9 Å². The van der Waals surface area contributed by atoms with Gasteiger partial charge in [0.05, 0.1) is 23.9 Å². The zero-order valence-corrected chi connectivity index (χ0v) is 24.8. The van der Waals surface area contributed by atoms with Crippen LogP contribution in [0.2, 0.25) is 0 Å². The van der Waals surface area contributed by atoms with Gasteiger partial charge in [0.1, 0.15) is 22.1 Å². The molecule has 0 spiro atoms. The SMILES string of the molecule is CCOC1CCC(n2cc(NC(=O)c3csc(C4=CN(COC(=O)OC(C)C)NC4)n3)c(-c3nc(F)ccc3F)n2)CC1. The van der Waals surface area contributed by atoms with Crippen LogP contribution in [0.1, 0.15) is 68.0 Å². The molecule has 2 aliphatic rings. The van der Waals surface area contributed by atoms with Gasteiger partial charge in [0.15, 0.2) is 12.5 Å². The highest BCUT2D eigenvalue weighted by atomic mass is 32.1. The predicted molar refractivity (Wildman–Crippen MR) is 154 cm³/mol. The van der Waals surface area contributed by atoms with Crippen LogP contribution >= 0.6 is 11.3 Å². The number of aromatic nitrogens is 4. The standard InChI is InChI=1S/C28H33F2N7O5S/c1-4-40-19-7-5-18(6-8-19)37-13-21(25(35-37)24-20(29)9-10-23(30)34-24)32-26(38)22-14-43-27(33-22)17-11-31-36(12-17)15-41-28(39)42-16(2)3/h9-10,12-14,16,18-19,31H,4-8,11,15H2,1-3H3,(H,32,38). The molecule has 5 rings (SSSR count). The van der Waals surface area contributed by atoms with E-state index in [9.17, 15) is 18.4 Å². The molecule has 43 heavy (non-hydrogen) atoms. The smallest absolute Gasteiger partial charge is 0.432 e. The van der Waals surface area contributed by atoms with E-state index in [-0.39, 0.29) is 47.7 Å². The van der Waals surface area contributed by atoms with Gasteiger partial charge in [-0.05, 0) is 58.6 Å². The highest BCUT2D eigenvalue weighted by molar-refractivity contribution is 7.11. The molecule has 2 N–H and O–H groups in total. The van der Waals surface area contributed by atoms with Gasteiger partial charge >= 0.3 is 6.16 Å². The molecule has 0 atom stereocenters. The van der Waals surface area contributed by atoms with E-state index in [1.165, 1.54) is 11.3 Å². The first-order valence-corrected chi connectivity index (χ1v) is 14.9. The quantitative estimate of drug-likeness (QED) is 0.233. The molecule has 0 radical (unpaired) electrons. The Hall–Kier alpha value is -3.95. The van der Waals surface area contributed by atoms with Gasteiger partial charge in [0, 0.05) is 36.5 Å². The zero-order valence-electron chi connectivity index (χ0n) is 24.0. The van der Waals surface area contributed by atoms with E-state index in [0.29, 0.717) is 18.2 Å². The number of hydrazine groups is 1. The number of rotatable bonds is 10. The number of carbonyl (C=O) groups is 2. The minimum absolute atomic E-state index is 0.00422. The molecule has 3 aromatic heterocycles. The Labute approximate surface area is 251 Å². The number of anilines is 1. The Morgan fingerprint density at radius 3 is 2.70 bits per heavy atom. The number of ether oxygens (including phenoxy) is 3. The van der Waals surface area contributed by atoms with Crippen molar-refractivity contribution < 1.29 is 32.6 Å². The van der Waals surface area contributed by atoms with Crippen molar-refractivity contribution in [2.45, 2.75) is 64.7 Å². The number of nitrogens with zero attached hydrogens (tertiary/aromatic N) is 5. The lowest BCUT2D eigenvalue weighted by Gasteiger charge is -2.28. The number of amides is 1. The number of hydrogen-bond acceptors (Lipinski definition) is 11. The Bertz CT molecular complexity index is 1490. The van der Waals surface area contributed by atoms with Crippen LogP contribution < -0.4 is 10.7 Å². The van der Waals surface area contributed by atoms with E-state index in [0.717, 1.165) is 43.4 Å². The maximum absolute atomic E-state index is 14.8. The molecule has 4 heterocycles. The third-order valence-corrected chi connectivity index (χ3v) is 7.80. The molecule has 1 amide bonds. The summed E-state index contributed by atoms with van der Waals surface area (Å²) in [5, 5.41) is 11.1.